The molecule has 2 aromatic heterocycles. The first-order valence-electron chi connectivity index (χ1n) is 8.09. The third kappa shape index (κ3) is 2.93. The van der Waals surface area contributed by atoms with Crippen LogP contribution in [0.2, 0.25) is 0 Å². The van der Waals surface area contributed by atoms with Crippen LogP contribution in [-0.4, -0.2) is 44.9 Å². The van der Waals surface area contributed by atoms with E-state index in [1.54, 1.807) is 0 Å². The summed E-state index contributed by atoms with van der Waals surface area (Å²) in [6.07, 6.45) is -0.116. The minimum Gasteiger partial charge on any atom is -0.479 e. The lowest BCUT2D eigenvalue weighted by atomic mass is 10.2. The molecule has 0 amide bonds. The Bertz CT molecular complexity index is 858. The van der Waals surface area contributed by atoms with Gasteiger partial charge in [0.15, 0.2) is 17.4 Å². The number of hydrogen-bond acceptors (Lipinski definition) is 8. The van der Waals surface area contributed by atoms with Crippen molar-refractivity contribution in [3.05, 3.63) is 10.5 Å². The van der Waals surface area contributed by atoms with Crippen LogP contribution in [0.4, 0.5) is 5.95 Å². The summed E-state index contributed by atoms with van der Waals surface area (Å²) in [5.74, 6) is -0.236. The zero-order chi connectivity index (χ0) is 18.1. The Balaban J connectivity index is 2.24. The molecule has 2 atom stereocenters. The lowest BCUT2D eigenvalue weighted by Gasteiger charge is -2.19. The second-order valence-electron chi connectivity index (χ2n) is 5.77. The normalized spacial score (nSPS) is 20.1. The highest BCUT2D eigenvalue weighted by molar-refractivity contribution is 5.78. The highest BCUT2D eigenvalue weighted by Gasteiger charge is 2.36. The van der Waals surface area contributed by atoms with Gasteiger partial charge in [-0.25, -0.2) is 9.36 Å². The van der Waals surface area contributed by atoms with E-state index in [-0.39, 0.29) is 17.5 Å². The van der Waals surface area contributed by atoms with Gasteiger partial charge in [-0.1, -0.05) is 6.92 Å². The maximum Gasteiger partial charge on any atom is 0.332 e. The van der Waals surface area contributed by atoms with Crippen molar-refractivity contribution in [3.8, 4) is 5.88 Å². The van der Waals surface area contributed by atoms with Crippen molar-refractivity contribution in [2.75, 3.05) is 19.5 Å². The van der Waals surface area contributed by atoms with E-state index in [1.165, 1.54) is 23.2 Å². The number of ether oxygens (including phenoxy) is 3. The van der Waals surface area contributed by atoms with Gasteiger partial charge in [0, 0.05) is 19.9 Å². The number of carbonyl (C=O) groups excluding carboxylic acids is 1. The Morgan fingerprint density at radius 3 is 2.84 bits per heavy atom. The summed E-state index contributed by atoms with van der Waals surface area (Å²) in [4.78, 5) is 32.6. The van der Waals surface area contributed by atoms with E-state index in [2.05, 4.69) is 9.97 Å². The average molecular weight is 351 g/mol. The van der Waals surface area contributed by atoms with Crippen molar-refractivity contribution < 1.29 is 19.0 Å². The summed E-state index contributed by atoms with van der Waals surface area (Å²) in [5.41, 5.74) is 6.17. The number of aryl methyl sites for hydroxylation is 1. The molecule has 0 spiro atoms. The number of nitrogens with two attached hydrogens (primary N) is 1. The SMILES string of the molecule is CCCn1c(=O)n(C2OCCC2OC(C)=O)c2nc(N)nc(OC)c21. The Morgan fingerprint density at radius 1 is 1.44 bits per heavy atom. The summed E-state index contributed by atoms with van der Waals surface area (Å²) in [5, 5.41) is 0. The first-order valence-corrected chi connectivity index (χ1v) is 8.09. The van der Waals surface area contributed by atoms with Crippen molar-refractivity contribution in [3.63, 3.8) is 0 Å². The maximum absolute atomic E-state index is 13.0. The van der Waals surface area contributed by atoms with E-state index in [0.29, 0.717) is 30.7 Å². The zero-order valence-electron chi connectivity index (χ0n) is 14.4. The van der Waals surface area contributed by atoms with Crippen molar-refractivity contribution in [2.45, 2.75) is 45.6 Å². The molecular weight excluding hydrogens is 330 g/mol. The summed E-state index contributed by atoms with van der Waals surface area (Å²) in [6.45, 7) is 4.10. The lowest BCUT2D eigenvalue weighted by molar-refractivity contribution is -0.151. The standard InChI is InChI=1S/C15H21N5O5/c1-4-6-19-10-11(17-14(16)18-12(10)23-3)20(15(19)22)13-9(5-7-24-13)25-8(2)21/h9,13H,4-7H2,1-3H3,(H2,16,17,18). The molecule has 1 fully saturated rings. The molecule has 10 nitrogen and oxygen atoms in total. The van der Waals surface area contributed by atoms with E-state index in [4.69, 9.17) is 19.9 Å². The fourth-order valence-corrected chi connectivity index (χ4v) is 3.09. The third-order valence-corrected chi connectivity index (χ3v) is 4.01. The van der Waals surface area contributed by atoms with Crippen LogP contribution >= 0.6 is 0 Å². The van der Waals surface area contributed by atoms with Gasteiger partial charge in [0.05, 0.1) is 13.7 Å². The Morgan fingerprint density at radius 2 is 2.20 bits per heavy atom. The van der Waals surface area contributed by atoms with Crippen LogP contribution in [0.5, 0.6) is 5.88 Å². The average Bonchev–Trinajstić information content (AvgIpc) is 3.09. The topological polar surface area (TPSA) is 123 Å². The van der Waals surface area contributed by atoms with Gasteiger partial charge in [-0.15, -0.1) is 0 Å². The van der Waals surface area contributed by atoms with Gasteiger partial charge in [0.1, 0.15) is 6.10 Å². The number of fused-ring (bicyclic) bond motifs is 1. The van der Waals surface area contributed by atoms with Gasteiger partial charge in [-0.3, -0.25) is 9.36 Å². The number of methoxy groups -OCH3 is 1. The van der Waals surface area contributed by atoms with Crippen molar-refractivity contribution in [2.24, 2.45) is 0 Å². The number of hydrogen-bond donors (Lipinski definition) is 1. The molecule has 3 heterocycles. The van der Waals surface area contributed by atoms with Crippen LogP contribution in [0.1, 0.15) is 32.9 Å². The summed E-state index contributed by atoms with van der Waals surface area (Å²) >= 11 is 0. The Hall–Kier alpha value is -2.62. The predicted octanol–water partition coefficient (Wildman–Crippen LogP) is 0.444. The number of carbonyl (C=O) groups is 1. The molecule has 0 bridgehead atoms. The van der Waals surface area contributed by atoms with Crippen molar-refractivity contribution >= 4 is 23.1 Å². The molecule has 0 saturated carbocycles. The highest BCUT2D eigenvalue weighted by Crippen LogP contribution is 2.31. The molecule has 2 unspecified atom stereocenters. The fraction of sp³-hybridized carbons (Fsp3) is 0.600. The Labute approximate surface area is 143 Å². The van der Waals surface area contributed by atoms with Crippen LogP contribution in [0, 0.1) is 0 Å². The summed E-state index contributed by atoms with van der Waals surface area (Å²) < 4.78 is 19.2. The van der Waals surface area contributed by atoms with Gasteiger partial charge < -0.3 is 19.9 Å². The van der Waals surface area contributed by atoms with E-state index >= 15 is 0 Å². The first-order chi connectivity index (χ1) is 12.0. The van der Waals surface area contributed by atoms with E-state index < -0.39 is 18.3 Å². The third-order valence-electron chi connectivity index (χ3n) is 4.01. The highest BCUT2D eigenvalue weighted by atomic mass is 16.6. The van der Waals surface area contributed by atoms with Crippen LogP contribution in [0.25, 0.3) is 11.2 Å². The minimum atomic E-state index is -0.768. The molecule has 3 rings (SSSR count). The number of anilines is 1. The van der Waals surface area contributed by atoms with Crippen molar-refractivity contribution in [1.82, 2.24) is 19.1 Å². The molecule has 2 N–H and O–H groups in total. The second kappa shape index (κ2) is 6.71. The van der Waals surface area contributed by atoms with E-state index in [0.717, 1.165) is 6.42 Å². The molecule has 1 aliphatic heterocycles. The molecule has 10 heteroatoms. The van der Waals surface area contributed by atoms with Crippen LogP contribution < -0.4 is 16.2 Å². The lowest BCUT2D eigenvalue weighted by Crippen LogP contribution is -2.33. The predicted molar refractivity (Wildman–Crippen MR) is 88.2 cm³/mol. The molecule has 1 aliphatic rings. The van der Waals surface area contributed by atoms with Crippen LogP contribution in [0.15, 0.2) is 4.79 Å². The minimum absolute atomic E-state index is 0.0196. The quantitative estimate of drug-likeness (QED) is 0.770. The van der Waals surface area contributed by atoms with E-state index in [1.807, 2.05) is 6.92 Å². The summed E-state index contributed by atoms with van der Waals surface area (Å²) in [6, 6.07) is 0. The van der Waals surface area contributed by atoms with Gasteiger partial charge in [0.25, 0.3) is 0 Å². The monoisotopic (exact) mass is 351 g/mol. The zero-order valence-corrected chi connectivity index (χ0v) is 14.4. The van der Waals surface area contributed by atoms with Gasteiger partial charge >= 0.3 is 11.7 Å². The largest absolute Gasteiger partial charge is 0.479 e. The molecule has 25 heavy (non-hydrogen) atoms. The van der Waals surface area contributed by atoms with Crippen LogP contribution in [0.3, 0.4) is 0 Å². The number of nitrogen functional groups attached to an aromatic ring is 1. The number of nitrogens with zero attached hydrogens (tertiary/aromatic N) is 4. The maximum atomic E-state index is 13.0. The van der Waals surface area contributed by atoms with Gasteiger partial charge in [-0.05, 0) is 6.42 Å². The second-order valence-corrected chi connectivity index (χ2v) is 5.77. The van der Waals surface area contributed by atoms with Gasteiger partial charge in [-0.2, -0.15) is 9.97 Å². The Kier molecular flexibility index (Phi) is 4.62. The van der Waals surface area contributed by atoms with Gasteiger partial charge in [0.2, 0.25) is 11.8 Å². The smallest absolute Gasteiger partial charge is 0.332 e. The van der Waals surface area contributed by atoms with E-state index in [9.17, 15) is 9.59 Å². The number of rotatable bonds is 5. The summed E-state index contributed by atoms with van der Waals surface area (Å²) in [7, 11) is 1.45. The number of esters is 1. The molecule has 0 aliphatic carbocycles. The number of imidazole rings is 1. The molecular formula is C15H21N5O5. The first kappa shape index (κ1) is 17.2. The molecule has 0 radical (unpaired) electrons. The molecule has 2 aromatic rings. The molecule has 0 aromatic carbocycles. The molecule has 136 valence electrons. The molecule has 1 saturated heterocycles. The fourth-order valence-electron chi connectivity index (χ4n) is 3.09. The van der Waals surface area contributed by atoms with Crippen molar-refractivity contribution in [1.29, 1.82) is 0 Å². The van der Waals surface area contributed by atoms with Crippen LogP contribution in [-0.2, 0) is 20.8 Å². The number of aromatic nitrogens is 4.